The molecular weight excluding hydrogens is 301 g/mol. The van der Waals surface area contributed by atoms with E-state index in [1.807, 2.05) is 36.4 Å². The summed E-state index contributed by atoms with van der Waals surface area (Å²) in [6.45, 7) is 5.82. The van der Waals surface area contributed by atoms with E-state index in [1.54, 1.807) is 0 Å². The zero-order chi connectivity index (χ0) is 16.3. The van der Waals surface area contributed by atoms with Gasteiger partial charge in [-0.05, 0) is 11.1 Å². The molecule has 0 spiro atoms. The third-order valence-corrected chi connectivity index (χ3v) is 8.71. The average Bonchev–Trinajstić information content (AvgIpc) is 2.95. The van der Waals surface area contributed by atoms with Crippen LogP contribution >= 0.6 is 7.29 Å². The van der Waals surface area contributed by atoms with Crippen LogP contribution in [0.3, 0.4) is 0 Å². The van der Waals surface area contributed by atoms with E-state index in [-0.39, 0.29) is 11.3 Å². The molecule has 1 aliphatic heterocycles. The molecule has 2 unspecified atom stereocenters. The van der Waals surface area contributed by atoms with E-state index < -0.39 is 7.29 Å². The van der Waals surface area contributed by atoms with Crippen LogP contribution in [0.25, 0.3) is 0 Å². The number of hydrogen-bond donors (Lipinski definition) is 0. The maximum Gasteiger partial charge on any atom is 0.172 e. The van der Waals surface area contributed by atoms with Gasteiger partial charge in [-0.15, -0.1) is 0 Å². The molecule has 0 aromatic heterocycles. The predicted molar refractivity (Wildman–Crippen MR) is 98.0 cm³/mol. The lowest BCUT2D eigenvalue weighted by molar-refractivity contribution is 0.435. The van der Waals surface area contributed by atoms with Crippen LogP contribution in [-0.4, -0.2) is 17.8 Å². The van der Waals surface area contributed by atoms with Crippen molar-refractivity contribution in [2.45, 2.75) is 25.2 Å². The largest absolute Gasteiger partial charge is 0.305 e. The first-order valence-corrected chi connectivity index (χ1v) is 10.1. The molecule has 2 aromatic carbocycles. The minimum atomic E-state index is -2.62. The summed E-state index contributed by atoms with van der Waals surface area (Å²) >= 11 is 0. The molecule has 1 aliphatic rings. The van der Waals surface area contributed by atoms with E-state index in [0.717, 1.165) is 24.2 Å². The van der Waals surface area contributed by atoms with Crippen LogP contribution < -0.4 is 0 Å². The van der Waals surface area contributed by atoms with Gasteiger partial charge in [0.05, 0.1) is 11.3 Å². The van der Waals surface area contributed by atoms with E-state index in [1.165, 1.54) is 0 Å². The van der Waals surface area contributed by atoms with E-state index >= 15 is 0 Å². The topological polar surface area (TPSA) is 20.3 Å². The zero-order valence-corrected chi connectivity index (χ0v) is 14.7. The quantitative estimate of drug-likeness (QED) is 0.522. The summed E-state index contributed by atoms with van der Waals surface area (Å²) in [5, 5.41) is 0. The SMILES string of the molecule is CCN(CC)P1(=O)C(c2ccccc2)C=C[C@H]1c1ccccc1. The first-order valence-electron chi connectivity index (χ1n) is 8.34. The molecule has 0 amide bonds. The summed E-state index contributed by atoms with van der Waals surface area (Å²) in [6.07, 6.45) is 4.32. The van der Waals surface area contributed by atoms with Gasteiger partial charge in [-0.25, -0.2) is 0 Å². The fraction of sp³-hybridized carbons (Fsp3) is 0.300. The van der Waals surface area contributed by atoms with Gasteiger partial charge in [-0.1, -0.05) is 86.7 Å². The van der Waals surface area contributed by atoms with E-state index in [4.69, 9.17) is 0 Å². The second kappa shape index (κ2) is 6.86. The molecule has 3 heteroatoms. The number of rotatable bonds is 5. The molecule has 0 bridgehead atoms. The summed E-state index contributed by atoms with van der Waals surface area (Å²) in [6, 6.07) is 20.5. The third-order valence-electron chi connectivity index (χ3n) is 4.73. The van der Waals surface area contributed by atoms with Gasteiger partial charge in [-0.3, -0.25) is 4.67 Å². The molecule has 3 atom stereocenters. The molecule has 0 radical (unpaired) electrons. The van der Waals surface area contributed by atoms with Gasteiger partial charge < -0.3 is 4.57 Å². The van der Waals surface area contributed by atoms with Crippen LogP contribution in [0.4, 0.5) is 0 Å². The second-order valence-corrected chi connectivity index (χ2v) is 8.93. The van der Waals surface area contributed by atoms with E-state index in [0.29, 0.717) is 0 Å². The molecule has 120 valence electrons. The zero-order valence-electron chi connectivity index (χ0n) is 13.8. The number of allylic oxidation sites excluding steroid dienone is 2. The van der Waals surface area contributed by atoms with Crippen LogP contribution in [0.1, 0.15) is 36.3 Å². The van der Waals surface area contributed by atoms with Crippen LogP contribution in [0.5, 0.6) is 0 Å². The highest BCUT2D eigenvalue weighted by Gasteiger charge is 2.47. The summed E-state index contributed by atoms with van der Waals surface area (Å²) in [5.41, 5.74) is 2.26. The summed E-state index contributed by atoms with van der Waals surface area (Å²) < 4.78 is 16.5. The Hall–Kier alpha value is -1.63. The van der Waals surface area contributed by atoms with Crippen molar-refractivity contribution in [3.05, 3.63) is 83.9 Å². The van der Waals surface area contributed by atoms with Crippen LogP contribution in [0, 0.1) is 0 Å². The molecule has 23 heavy (non-hydrogen) atoms. The molecular formula is C20H24NOP. The van der Waals surface area contributed by atoms with Crippen LogP contribution in [0.15, 0.2) is 72.8 Å². The van der Waals surface area contributed by atoms with Gasteiger partial charge in [-0.2, -0.15) is 0 Å². The molecule has 0 saturated heterocycles. The van der Waals surface area contributed by atoms with Crippen LogP contribution in [0.2, 0.25) is 0 Å². The highest BCUT2D eigenvalue weighted by Crippen LogP contribution is 2.74. The number of hydrogen-bond acceptors (Lipinski definition) is 1. The van der Waals surface area contributed by atoms with Gasteiger partial charge in [0.2, 0.25) is 0 Å². The van der Waals surface area contributed by atoms with Crippen molar-refractivity contribution in [3.63, 3.8) is 0 Å². The van der Waals surface area contributed by atoms with Crippen molar-refractivity contribution < 1.29 is 4.57 Å². The maximum absolute atomic E-state index is 14.3. The molecule has 1 heterocycles. The molecule has 0 N–H and O–H groups in total. The molecule has 2 nitrogen and oxygen atoms in total. The van der Waals surface area contributed by atoms with E-state index in [2.05, 4.69) is 54.9 Å². The first-order chi connectivity index (χ1) is 11.2. The number of nitrogens with zero attached hydrogens (tertiary/aromatic N) is 1. The van der Waals surface area contributed by atoms with Crippen LogP contribution in [-0.2, 0) is 4.57 Å². The fourth-order valence-corrected chi connectivity index (χ4v) is 7.42. The van der Waals surface area contributed by atoms with Crippen molar-refractivity contribution >= 4 is 7.29 Å². The first kappa shape index (κ1) is 16.2. The lowest BCUT2D eigenvalue weighted by Crippen LogP contribution is -2.23. The Balaban J connectivity index is 2.09. The van der Waals surface area contributed by atoms with Gasteiger partial charge in [0, 0.05) is 13.1 Å². The lowest BCUT2D eigenvalue weighted by atomic mass is 10.1. The fourth-order valence-electron chi connectivity index (χ4n) is 3.60. The third kappa shape index (κ3) is 2.82. The molecule has 0 saturated carbocycles. The van der Waals surface area contributed by atoms with Gasteiger partial charge in [0.25, 0.3) is 0 Å². The summed E-state index contributed by atoms with van der Waals surface area (Å²) in [7, 11) is -2.62. The Morgan fingerprint density at radius 1 is 0.783 bits per heavy atom. The number of benzene rings is 2. The van der Waals surface area contributed by atoms with Gasteiger partial charge in [0.15, 0.2) is 7.29 Å². The Morgan fingerprint density at radius 3 is 1.52 bits per heavy atom. The van der Waals surface area contributed by atoms with Crippen molar-refractivity contribution in [3.8, 4) is 0 Å². The summed E-state index contributed by atoms with van der Waals surface area (Å²) in [4.78, 5) is 0. The molecule has 0 fully saturated rings. The minimum absolute atomic E-state index is 0.0196. The highest BCUT2D eigenvalue weighted by atomic mass is 31.2. The van der Waals surface area contributed by atoms with Crippen molar-refractivity contribution in [2.75, 3.05) is 13.1 Å². The highest BCUT2D eigenvalue weighted by molar-refractivity contribution is 7.63. The normalized spacial score (nSPS) is 26.7. The average molecular weight is 325 g/mol. The van der Waals surface area contributed by atoms with Gasteiger partial charge >= 0.3 is 0 Å². The Kier molecular flexibility index (Phi) is 4.84. The Labute approximate surface area is 139 Å². The minimum Gasteiger partial charge on any atom is -0.305 e. The van der Waals surface area contributed by atoms with Crippen molar-refractivity contribution in [2.24, 2.45) is 0 Å². The van der Waals surface area contributed by atoms with Crippen molar-refractivity contribution in [1.82, 2.24) is 4.67 Å². The monoisotopic (exact) mass is 325 g/mol. The van der Waals surface area contributed by atoms with Gasteiger partial charge in [0.1, 0.15) is 0 Å². The lowest BCUT2D eigenvalue weighted by Gasteiger charge is -2.36. The van der Waals surface area contributed by atoms with Crippen molar-refractivity contribution in [1.29, 1.82) is 0 Å². The molecule has 2 aromatic rings. The van der Waals surface area contributed by atoms with E-state index in [9.17, 15) is 4.57 Å². The maximum atomic E-state index is 14.3. The Bertz CT molecular complexity index is 653. The second-order valence-electron chi connectivity index (χ2n) is 5.91. The smallest absolute Gasteiger partial charge is 0.172 e. The standard InChI is InChI=1S/C20H24NOP/c1-3-21(4-2)23(22)19(17-11-7-5-8-12-17)15-16-20(23)18-13-9-6-10-14-18/h5-16,19-20H,3-4H2,1-2H3/t19-,20?,23?/m0/s1. The Morgan fingerprint density at radius 2 is 1.17 bits per heavy atom. The predicted octanol–water partition coefficient (Wildman–Crippen LogP) is 5.66. The summed E-state index contributed by atoms with van der Waals surface area (Å²) in [5.74, 6) is 0. The molecule has 0 aliphatic carbocycles. The molecule has 3 rings (SSSR count).